The summed E-state index contributed by atoms with van der Waals surface area (Å²) < 4.78 is 13.3. The van der Waals surface area contributed by atoms with Crippen molar-refractivity contribution in [2.24, 2.45) is 17.1 Å². The smallest absolute Gasteiger partial charge is 0.237 e. The molecule has 0 bridgehead atoms. The molecule has 0 aliphatic heterocycles. The van der Waals surface area contributed by atoms with Crippen LogP contribution < -0.4 is 11.1 Å². The Balaban J connectivity index is 2.18. The van der Waals surface area contributed by atoms with Gasteiger partial charge in [0.1, 0.15) is 5.82 Å². The van der Waals surface area contributed by atoms with E-state index in [2.05, 4.69) is 12.2 Å². The van der Waals surface area contributed by atoms with E-state index < -0.39 is 5.41 Å². The van der Waals surface area contributed by atoms with Gasteiger partial charge in [0.2, 0.25) is 5.91 Å². The van der Waals surface area contributed by atoms with E-state index in [1.807, 2.05) is 0 Å². The fourth-order valence-electron chi connectivity index (χ4n) is 2.69. The third kappa shape index (κ3) is 2.61. The number of hydrogen-bond acceptors (Lipinski definition) is 2. The van der Waals surface area contributed by atoms with E-state index in [4.69, 9.17) is 18.0 Å². The molecule has 102 valence electrons. The molecule has 1 amide bonds. The van der Waals surface area contributed by atoms with Gasteiger partial charge in [0.05, 0.1) is 10.4 Å². The van der Waals surface area contributed by atoms with Crippen LogP contribution in [-0.4, -0.2) is 10.9 Å². The maximum atomic E-state index is 13.3. The number of rotatable bonds is 3. The second kappa shape index (κ2) is 4.89. The normalized spacial score (nSPS) is 25.5. The summed E-state index contributed by atoms with van der Waals surface area (Å²) in [6.07, 6.45) is 1.31. The Hall–Kier alpha value is -1.49. The van der Waals surface area contributed by atoms with Crippen molar-refractivity contribution in [3.05, 3.63) is 29.6 Å². The molecule has 3 N–H and O–H groups in total. The summed E-state index contributed by atoms with van der Waals surface area (Å²) in [6.45, 7) is 3.82. The lowest BCUT2D eigenvalue weighted by atomic mass is 9.62. The third-order valence-electron chi connectivity index (χ3n) is 3.60. The van der Waals surface area contributed by atoms with Gasteiger partial charge in [0.25, 0.3) is 0 Å². The predicted octanol–water partition coefficient (Wildman–Crippen LogP) is 2.78. The van der Waals surface area contributed by atoms with Crippen molar-refractivity contribution >= 4 is 28.8 Å². The summed E-state index contributed by atoms with van der Waals surface area (Å²) in [5, 5.41) is 2.72. The van der Waals surface area contributed by atoms with Crippen LogP contribution in [0.1, 0.15) is 25.3 Å². The van der Waals surface area contributed by atoms with Crippen LogP contribution in [0, 0.1) is 24.1 Å². The van der Waals surface area contributed by atoms with E-state index >= 15 is 0 Å². The van der Waals surface area contributed by atoms with Crippen LogP contribution >= 0.6 is 12.2 Å². The standard InChI is InChI=1S/C14H17FN2OS/c1-8-3-10(15)5-11(4-8)17-13(18)14(12(16)19)6-9(2)7-14/h3-5,9H,6-7H2,1-2H3,(H2,16,19)(H,17,18). The number of anilines is 1. The van der Waals surface area contributed by atoms with Crippen LogP contribution in [-0.2, 0) is 4.79 Å². The van der Waals surface area contributed by atoms with Crippen LogP contribution in [0.25, 0.3) is 0 Å². The van der Waals surface area contributed by atoms with Gasteiger partial charge in [-0.3, -0.25) is 4.79 Å². The number of halogens is 1. The maximum absolute atomic E-state index is 13.3. The van der Waals surface area contributed by atoms with Gasteiger partial charge in [-0.2, -0.15) is 0 Å². The van der Waals surface area contributed by atoms with E-state index in [9.17, 15) is 9.18 Å². The highest BCUT2D eigenvalue weighted by Crippen LogP contribution is 2.46. The number of carbonyl (C=O) groups is 1. The van der Waals surface area contributed by atoms with Crippen LogP contribution in [0.4, 0.5) is 10.1 Å². The predicted molar refractivity (Wildman–Crippen MR) is 77.4 cm³/mol. The van der Waals surface area contributed by atoms with Crippen molar-refractivity contribution in [3.8, 4) is 0 Å². The van der Waals surface area contributed by atoms with Gasteiger partial charge in [-0.05, 0) is 49.4 Å². The summed E-state index contributed by atoms with van der Waals surface area (Å²) in [7, 11) is 0. The highest BCUT2D eigenvalue weighted by atomic mass is 32.1. The third-order valence-corrected chi connectivity index (χ3v) is 3.99. The lowest BCUT2D eigenvalue weighted by Gasteiger charge is -2.44. The second-order valence-corrected chi connectivity index (χ2v) is 5.87. The van der Waals surface area contributed by atoms with Crippen molar-refractivity contribution in [2.45, 2.75) is 26.7 Å². The summed E-state index contributed by atoms with van der Waals surface area (Å²) in [5.41, 5.74) is 6.13. The number of thiocarbonyl (C=S) groups is 1. The Morgan fingerprint density at radius 2 is 2.11 bits per heavy atom. The van der Waals surface area contributed by atoms with E-state index in [0.29, 0.717) is 24.4 Å². The van der Waals surface area contributed by atoms with Gasteiger partial charge in [0.15, 0.2) is 0 Å². The Kier molecular flexibility index (Phi) is 3.58. The number of aryl methyl sites for hydroxylation is 1. The number of nitrogens with two attached hydrogens (primary N) is 1. The molecule has 19 heavy (non-hydrogen) atoms. The molecule has 1 saturated carbocycles. The van der Waals surface area contributed by atoms with Crippen LogP contribution in [0.5, 0.6) is 0 Å². The van der Waals surface area contributed by atoms with Crippen LogP contribution in [0.2, 0.25) is 0 Å². The minimum absolute atomic E-state index is 0.219. The molecule has 0 aromatic heterocycles. The number of carbonyl (C=O) groups excluding carboxylic acids is 1. The molecule has 1 aliphatic rings. The zero-order valence-electron chi connectivity index (χ0n) is 11.0. The number of nitrogens with one attached hydrogen (secondary N) is 1. The molecular formula is C14H17FN2OS. The van der Waals surface area contributed by atoms with E-state index in [1.54, 1.807) is 13.0 Å². The molecule has 3 nitrogen and oxygen atoms in total. The molecule has 0 spiro atoms. The Bertz CT molecular complexity index is 518. The molecule has 5 heteroatoms. The Labute approximate surface area is 117 Å². The maximum Gasteiger partial charge on any atom is 0.237 e. The SMILES string of the molecule is Cc1cc(F)cc(NC(=O)C2(C(N)=S)CC(C)C2)c1. The average Bonchev–Trinajstić information content (AvgIpc) is 2.22. The fraction of sp³-hybridized carbons (Fsp3) is 0.429. The van der Waals surface area contributed by atoms with Gasteiger partial charge in [0, 0.05) is 5.69 Å². The Morgan fingerprint density at radius 1 is 1.47 bits per heavy atom. The molecule has 1 aromatic rings. The average molecular weight is 280 g/mol. The first-order valence-electron chi connectivity index (χ1n) is 6.22. The van der Waals surface area contributed by atoms with Crippen molar-refractivity contribution in [3.63, 3.8) is 0 Å². The summed E-state index contributed by atoms with van der Waals surface area (Å²) in [6, 6.07) is 4.42. The van der Waals surface area contributed by atoms with Gasteiger partial charge in [-0.25, -0.2) is 4.39 Å². The Morgan fingerprint density at radius 3 is 2.58 bits per heavy atom. The first-order valence-corrected chi connectivity index (χ1v) is 6.63. The highest BCUT2D eigenvalue weighted by molar-refractivity contribution is 7.80. The first kappa shape index (κ1) is 13.9. The summed E-state index contributed by atoms with van der Waals surface area (Å²) in [5.74, 6) is -0.175. The summed E-state index contributed by atoms with van der Waals surface area (Å²) >= 11 is 5.02. The lowest BCUT2D eigenvalue weighted by Crippen LogP contribution is -2.53. The zero-order chi connectivity index (χ0) is 14.2. The highest BCUT2D eigenvalue weighted by Gasteiger charge is 2.50. The number of benzene rings is 1. The summed E-state index contributed by atoms with van der Waals surface area (Å²) in [4.78, 5) is 12.5. The molecule has 0 heterocycles. The van der Waals surface area contributed by atoms with Crippen molar-refractivity contribution < 1.29 is 9.18 Å². The molecule has 0 saturated heterocycles. The van der Waals surface area contributed by atoms with Crippen molar-refractivity contribution in [1.82, 2.24) is 0 Å². The van der Waals surface area contributed by atoms with E-state index in [-0.39, 0.29) is 16.7 Å². The number of amides is 1. The molecule has 1 fully saturated rings. The second-order valence-electron chi connectivity index (χ2n) is 5.43. The minimum Gasteiger partial charge on any atom is -0.392 e. The molecule has 0 radical (unpaired) electrons. The lowest BCUT2D eigenvalue weighted by molar-refractivity contribution is -0.127. The topological polar surface area (TPSA) is 55.1 Å². The molecule has 1 aromatic carbocycles. The first-order chi connectivity index (χ1) is 8.83. The molecular weight excluding hydrogens is 263 g/mol. The number of hydrogen-bond donors (Lipinski definition) is 2. The van der Waals surface area contributed by atoms with E-state index in [0.717, 1.165) is 5.56 Å². The van der Waals surface area contributed by atoms with Crippen LogP contribution in [0.15, 0.2) is 18.2 Å². The minimum atomic E-state index is -0.769. The largest absolute Gasteiger partial charge is 0.392 e. The van der Waals surface area contributed by atoms with Gasteiger partial charge < -0.3 is 11.1 Å². The molecule has 0 atom stereocenters. The monoisotopic (exact) mass is 280 g/mol. The quantitative estimate of drug-likeness (QED) is 0.837. The molecule has 1 aliphatic carbocycles. The van der Waals surface area contributed by atoms with Crippen molar-refractivity contribution in [2.75, 3.05) is 5.32 Å². The molecule has 2 rings (SSSR count). The zero-order valence-corrected chi connectivity index (χ0v) is 11.8. The van der Waals surface area contributed by atoms with Gasteiger partial charge in [-0.15, -0.1) is 0 Å². The van der Waals surface area contributed by atoms with Gasteiger partial charge in [-0.1, -0.05) is 19.1 Å². The van der Waals surface area contributed by atoms with E-state index in [1.165, 1.54) is 12.1 Å². The van der Waals surface area contributed by atoms with Crippen LogP contribution in [0.3, 0.4) is 0 Å². The van der Waals surface area contributed by atoms with Crippen molar-refractivity contribution in [1.29, 1.82) is 0 Å². The molecule has 0 unspecified atom stereocenters. The fourth-order valence-corrected chi connectivity index (χ4v) is 2.95. The van der Waals surface area contributed by atoms with Gasteiger partial charge >= 0.3 is 0 Å².